The minimum Gasteiger partial charge on any atom is -0.465 e. The Labute approximate surface area is 138 Å². The van der Waals surface area contributed by atoms with Crippen LogP contribution in [0, 0.1) is 0 Å². The molecule has 2 N–H and O–H groups in total. The van der Waals surface area contributed by atoms with Gasteiger partial charge in [-0.1, -0.05) is 11.6 Å². The van der Waals surface area contributed by atoms with E-state index in [-0.39, 0.29) is 17.0 Å². The fraction of sp³-hybridized carbons (Fsp3) is 0.357. The van der Waals surface area contributed by atoms with Crippen LogP contribution in [0.1, 0.15) is 16.8 Å². The van der Waals surface area contributed by atoms with Crippen LogP contribution in [-0.4, -0.2) is 41.1 Å². The Bertz CT molecular complexity index is 701. The number of sulfonamides is 1. The van der Waals surface area contributed by atoms with Crippen LogP contribution in [0.15, 0.2) is 39.2 Å². The van der Waals surface area contributed by atoms with Gasteiger partial charge in [0.25, 0.3) is 0 Å². The summed E-state index contributed by atoms with van der Waals surface area (Å²) in [6, 6.07) is 4.24. The zero-order chi connectivity index (χ0) is 16.2. The van der Waals surface area contributed by atoms with Crippen LogP contribution in [0.4, 0.5) is 0 Å². The molecule has 1 aliphatic rings. The lowest BCUT2D eigenvalue weighted by Crippen LogP contribution is -2.30. The molecule has 0 spiro atoms. The smallest absolute Gasteiger partial charge is 0.337 e. The van der Waals surface area contributed by atoms with Crippen molar-refractivity contribution in [2.75, 3.05) is 26.7 Å². The molecule has 8 heteroatoms. The van der Waals surface area contributed by atoms with Crippen molar-refractivity contribution in [1.82, 2.24) is 10.0 Å². The first-order chi connectivity index (χ1) is 10.4. The Morgan fingerprint density at radius 2 is 2.23 bits per heavy atom. The zero-order valence-corrected chi connectivity index (χ0v) is 14.5. The highest BCUT2D eigenvalue weighted by Gasteiger charge is 2.19. The number of benzene rings is 1. The third kappa shape index (κ3) is 4.16. The molecule has 0 atom stereocenters. The Morgan fingerprint density at radius 1 is 1.45 bits per heavy atom. The maximum Gasteiger partial charge on any atom is 0.337 e. The first-order valence-corrected chi connectivity index (χ1v) is 8.98. The van der Waals surface area contributed by atoms with E-state index in [9.17, 15) is 13.2 Å². The highest BCUT2D eigenvalue weighted by atomic mass is 79.9. The molecule has 0 bridgehead atoms. The number of carbonyl (C=O) groups excluding carboxylic acids is 1. The molecule has 0 unspecified atom stereocenters. The number of hydrogen-bond acceptors (Lipinski definition) is 5. The summed E-state index contributed by atoms with van der Waals surface area (Å²) >= 11 is 3.19. The monoisotopic (exact) mass is 388 g/mol. The molecule has 1 aliphatic heterocycles. The molecule has 22 heavy (non-hydrogen) atoms. The standard InChI is InChI=1S/C14H17BrN2O4S/c1-21-14(18)11-2-3-13(12(15)8-11)22(19,20)17-9-10-4-6-16-7-5-10/h2-4,8,16-17H,5-7,9H2,1H3. The van der Waals surface area contributed by atoms with Crippen molar-refractivity contribution in [3.63, 3.8) is 0 Å². The van der Waals surface area contributed by atoms with Gasteiger partial charge in [-0.2, -0.15) is 0 Å². The molecular formula is C14H17BrN2O4S. The van der Waals surface area contributed by atoms with E-state index in [2.05, 4.69) is 30.7 Å². The molecule has 0 fully saturated rings. The van der Waals surface area contributed by atoms with Gasteiger partial charge in [-0.25, -0.2) is 17.9 Å². The van der Waals surface area contributed by atoms with E-state index in [1.807, 2.05) is 6.08 Å². The van der Waals surface area contributed by atoms with Crippen LogP contribution < -0.4 is 10.0 Å². The molecule has 120 valence electrons. The van der Waals surface area contributed by atoms with Crippen molar-refractivity contribution in [3.05, 3.63) is 39.9 Å². The van der Waals surface area contributed by atoms with Gasteiger partial charge in [0.1, 0.15) is 0 Å². The summed E-state index contributed by atoms with van der Waals surface area (Å²) in [7, 11) is -2.38. The summed E-state index contributed by atoms with van der Waals surface area (Å²) in [5.74, 6) is -0.516. The lowest BCUT2D eigenvalue weighted by Gasteiger charge is -2.15. The molecule has 1 heterocycles. The van der Waals surface area contributed by atoms with Gasteiger partial charge in [0.2, 0.25) is 10.0 Å². The topological polar surface area (TPSA) is 84.5 Å². The Balaban J connectivity index is 2.15. The molecule has 0 aliphatic carbocycles. The van der Waals surface area contributed by atoms with Crippen molar-refractivity contribution < 1.29 is 17.9 Å². The molecule has 0 amide bonds. The highest BCUT2D eigenvalue weighted by Crippen LogP contribution is 2.23. The summed E-state index contributed by atoms with van der Waals surface area (Å²) in [6.45, 7) is 1.90. The van der Waals surface area contributed by atoms with E-state index in [0.717, 1.165) is 25.1 Å². The van der Waals surface area contributed by atoms with E-state index in [0.29, 0.717) is 4.47 Å². The molecule has 6 nitrogen and oxygen atoms in total. The van der Waals surface area contributed by atoms with Crippen LogP contribution in [0.25, 0.3) is 0 Å². The largest absolute Gasteiger partial charge is 0.465 e. The number of carbonyl (C=O) groups is 1. The van der Waals surface area contributed by atoms with Gasteiger partial charge in [-0.05, 0) is 47.1 Å². The van der Waals surface area contributed by atoms with Crippen molar-refractivity contribution in [3.8, 4) is 0 Å². The molecule has 0 aromatic heterocycles. The number of nitrogens with one attached hydrogen (secondary N) is 2. The second-order valence-electron chi connectivity index (χ2n) is 4.78. The highest BCUT2D eigenvalue weighted by molar-refractivity contribution is 9.10. The quantitative estimate of drug-likeness (QED) is 0.588. The Kier molecular flexibility index (Phi) is 5.74. The minimum absolute atomic E-state index is 0.0923. The summed E-state index contributed by atoms with van der Waals surface area (Å²) in [5.41, 5.74) is 1.35. The number of rotatable bonds is 5. The van der Waals surface area contributed by atoms with E-state index in [1.54, 1.807) is 0 Å². The predicted octanol–water partition coefficient (Wildman–Crippen LogP) is 1.43. The van der Waals surface area contributed by atoms with Crippen molar-refractivity contribution in [2.24, 2.45) is 0 Å². The van der Waals surface area contributed by atoms with Crippen LogP contribution in [0.3, 0.4) is 0 Å². The first-order valence-electron chi connectivity index (χ1n) is 6.70. The summed E-state index contributed by atoms with van der Waals surface area (Å²) in [4.78, 5) is 11.5. The predicted molar refractivity (Wildman–Crippen MR) is 86.2 cm³/mol. The Morgan fingerprint density at radius 3 is 2.82 bits per heavy atom. The van der Waals surface area contributed by atoms with Crippen molar-refractivity contribution in [2.45, 2.75) is 11.3 Å². The average molecular weight is 389 g/mol. The average Bonchev–Trinajstić information content (AvgIpc) is 2.53. The fourth-order valence-electron chi connectivity index (χ4n) is 2.06. The van der Waals surface area contributed by atoms with Crippen molar-refractivity contribution >= 4 is 31.9 Å². The molecule has 0 saturated heterocycles. The maximum atomic E-state index is 12.3. The van der Waals surface area contributed by atoms with Crippen molar-refractivity contribution in [1.29, 1.82) is 0 Å². The first kappa shape index (κ1) is 17.1. The minimum atomic E-state index is -3.65. The van der Waals surface area contributed by atoms with Gasteiger partial charge in [0, 0.05) is 17.6 Å². The van der Waals surface area contributed by atoms with Gasteiger partial charge in [-0.15, -0.1) is 0 Å². The van der Waals surface area contributed by atoms with Crippen LogP contribution >= 0.6 is 15.9 Å². The third-order valence-corrected chi connectivity index (χ3v) is 5.67. The third-order valence-electron chi connectivity index (χ3n) is 3.29. The normalized spacial score (nSPS) is 15.3. The van der Waals surface area contributed by atoms with Gasteiger partial charge < -0.3 is 10.1 Å². The van der Waals surface area contributed by atoms with Gasteiger partial charge >= 0.3 is 5.97 Å². The second-order valence-corrected chi connectivity index (χ2v) is 7.37. The maximum absolute atomic E-state index is 12.3. The lowest BCUT2D eigenvalue weighted by atomic mass is 10.1. The van der Waals surface area contributed by atoms with E-state index >= 15 is 0 Å². The molecule has 0 saturated carbocycles. The lowest BCUT2D eigenvalue weighted by molar-refractivity contribution is 0.0600. The number of ether oxygens (including phenoxy) is 1. The van der Waals surface area contributed by atoms with Gasteiger partial charge in [0.05, 0.1) is 17.6 Å². The number of hydrogen-bond donors (Lipinski definition) is 2. The van der Waals surface area contributed by atoms with Crippen LogP contribution in [0.5, 0.6) is 0 Å². The van der Waals surface area contributed by atoms with E-state index < -0.39 is 16.0 Å². The fourth-order valence-corrected chi connectivity index (χ4v) is 4.17. The molecule has 1 aromatic rings. The summed E-state index contributed by atoms with van der Waals surface area (Å²) in [6.07, 6.45) is 2.81. The molecular weight excluding hydrogens is 372 g/mol. The number of halogens is 1. The Hall–Kier alpha value is -1.22. The SMILES string of the molecule is COC(=O)c1ccc(S(=O)(=O)NCC2=CCNCC2)c(Br)c1. The van der Waals surface area contributed by atoms with Gasteiger partial charge in [-0.3, -0.25) is 0 Å². The van der Waals surface area contributed by atoms with E-state index in [4.69, 9.17) is 0 Å². The zero-order valence-electron chi connectivity index (χ0n) is 12.1. The molecule has 1 aromatic carbocycles. The number of methoxy groups -OCH3 is 1. The summed E-state index contributed by atoms with van der Waals surface area (Å²) < 4.78 is 32.2. The van der Waals surface area contributed by atoms with E-state index in [1.165, 1.54) is 25.3 Å². The molecule has 2 rings (SSSR count). The second kappa shape index (κ2) is 7.36. The number of esters is 1. The van der Waals surface area contributed by atoms with Crippen LogP contribution in [-0.2, 0) is 14.8 Å². The van der Waals surface area contributed by atoms with Crippen LogP contribution in [0.2, 0.25) is 0 Å². The molecule has 0 radical (unpaired) electrons. The van der Waals surface area contributed by atoms with Gasteiger partial charge in [0.15, 0.2) is 0 Å². The summed E-state index contributed by atoms with van der Waals surface area (Å²) in [5, 5.41) is 3.17.